The van der Waals surface area contributed by atoms with Gasteiger partial charge in [0.25, 0.3) is 5.91 Å². The van der Waals surface area contributed by atoms with Gasteiger partial charge < -0.3 is 14.5 Å². The van der Waals surface area contributed by atoms with Crippen LogP contribution in [0, 0.1) is 0 Å². The number of ether oxygens (including phenoxy) is 1. The SMILES string of the molecule is O=C(NCCN1CCOCC1)c1c2c(-c3ccccc3)ncnc2n2ccccc12. The van der Waals surface area contributed by atoms with Crippen molar-refractivity contribution in [1.82, 2.24) is 24.6 Å². The molecule has 7 nitrogen and oxygen atoms in total. The van der Waals surface area contributed by atoms with Crippen molar-refractivity contribution in [3.8, 4) is 11.3 Å². The third-order valence-corrected chi connectivity index (χ3v) is 5.51. The van der Waals surface area contributed by atoms with Gasteiger partial charge in [0.05, 0.1) is 35.4 Å². The van der Waals surface area contributed by atoms with Gasteiger partial charge in [-0.05, 0) is 12.1 Å². The van der Waals surface area contributed by atoms with Crippen LogP contribution in [0.4, 0.5) is 0 Å². The van der Waals surface area contributed by atoms with Crippen molar-refractivity contribution in [2.75, 3.05) is 39.4 Å². The summed E-state index contributed by atoms with van der Waals surface area (Å²) in [6.45, 7) is 4.70. The number of pyridine rings is 1. The van der Waals surface area contributed by atoms with Crippen molar-refractivity contribution in [2.24, 2.45) is 0 Å². The van der Waals surface area contributed by atoms with E-state index in [4.69, 9.17) is 4.74 Å². The maximum atomic E-state index is 13.3. The average molecular weight is 401 g/mol. The number of carbonyl (C=O) groups is 1. The van der Waals surface area contributed by atoms with Gasteiger partial charge in [-0.2, -0.15) is 0 Å². The Hall–Kier alpha value is -3.29. The van der Waals surface area contributed by atoms with Crippen LogP contribution in [0.3, 0.4) is 0 Å². The molecule has 152 valence electrons. The smallest absolute Gasteiger partial charge is 0.254 e. The number of amides is 1. The van der Waals surface area contributed by atoms with E-state index in [0.29, 0.717) is 12.1 Å². The molecule has 0 bridgehead atoms. The molecule has 1 N–H and O–H groups in total. The highest BCUT2D eigenvalue weighted by Crippen LogP contribution is 2.32. The molecule has 1 saturated heterocycles. The molecule has 30 heavy (non-hydrogen) atoms. The first-order chi connectivity index (χ1) is 14.8. The minimum Gasteiger partial charge on any atom is -0.379 e. The van der Waals surface area contributed by atoms with E-state index in [1.165, 1.54) is 0 Å². The summed E-state index contributed by atoms with van der Waals surface area (Å²) in [5, 5.41) is 3.88. The molecule has 5 rings (SSSR count). The molecule has 1 amide bonds. The van der Waals surface area contributed by atoms with E-state index in [1.54, 1.807) is 6.33 Å². The van der Waals surface area contributed by atoms with Crippen LogP contribution in [-0.4, -0.2) is 64.6 Å². The van der Waals surface area contributed by atoms with E-state index in [0.717, 1.165) is 60.7 Å². The molecule has 0 atom stereocenters. The fourth-order valence-electron chi connectivity index (χ4n) is 4.03. The van der Waals surface area contributed by atoms with Gasteiger partial charge in [-0.1, -0.05) is 36.4 Å². The van der Waals surface area contributed by atoms with Crippen molar-refractivity contribution in [3.05, 3.63) is 66.6 Å². The van der Waals surface area contributed by atoms with Gasteiger partial charge in [0.2, 0.25) is 0 Å². The molecule has 0 spiro atoms. The molecular weight excluding hydrogens is 378 g/mol. The van der Waals surface area contributed by atoms with E-state index >= 15 is 0 Å². The maximum absolute atomic E-state index is 13.3. The molecule has 4 heterocycles. The van der Waals surface area contributed by atoms with Gasteiger partial charge in [0, 0.05) is 37.9 Å². The summed E-state index contributed by atoms with van der Waals surface area (Å²) >= 11 is 0. The molecule has 3 aromatic heterocycles. The summed E-state index contributed by atoms with van der Waals surface area (Å²) < 4.78 is 7.35. The lowest BCUT2D eigenvalue weighted by Crippen LogP contribution is -2.41. The lowest BCUT2D eigenvalue weighted by atomic mass is 10.0. The molecule has 7 heteroatoms. The van der Waals surface area contributed by atoms with Crippen LogP contribution in [0.5, 0.6) is 0 Å². The molecule has 0 radical (unpaired) electrons. The van der Waals surface area contributed by atoms with Crippen LogP contribution in [0.15, 0.2) is 61.1 Å². The molecular formula is C23H23N5O2. The summed E-state index contributed by atoms with van der Waals surface area (Å²) in [5.74, 6) is -0.103. The van der Waals surface area contributed by atoms with E-state index in [9.17, 15) is 4.79 Å². The second kappa shape index (κ2) is 8.22. The minimum absolute atomic E-state index is 0.103. The highest BCUT2D eigenvalue weighted by Gasteiger charge is 2.23. The predicted octanol–water partition coefficient (Wildman–Crippen LogP) is 2.61. The van der Waals surface area contributed by atoms with Crippen molar-refractivity contribution in [3.63, 3.8) is 0 Å². The normalized spacial score (nSPS) is 14.9. The van der Waals surface area contributed by atoms with Gasteiger partial charge in [-0.3, -0.25) is 9.69 Å². The van der Waals surface area contributed by atoms with Gasteiger partial charge in [-0.15, -0.1) is 0 Å². The number of nitrogens with zero attached hydrogens (tertiary/aromatic N) is 4. The molecule has 1 aliphatic heterocycles. The highest BCUT2D eigenvalue weighted by molar-refractivity contribution is 6.16. The van der Waals surface area contributed by atoms with Gasteiger partial charge >= 0.3 is 0 Å². The summed E-state index contributed by atoms with van der Waals surface area (Å²) in [6, 6.07) is 15.8. The third-order valence-electron chi connectivity index (χ3n) is 5.51. The van der Waals surface area contributed by atoms with Crippen LogP contribution >= 0.6 is 0 Å². The quantitative estimate of drug-likeness (QED) is 0.557. The number of hydrogen-bond donors (Lipinski definition) is 1. The zero-order chi connectivity index (χ0) is 20.3. The Morgan fingerprint density at radius 3 is 2.67 bits per heavy atom. The Morgan fingerprint density at radius 1 is 1.03 bits per heavy atom. The molecule has 4 aromatic rings. The number of benzene rings is 1. The van der Waals surface area contributed by atoms with E-state index in [2.05, 4.69) is 20.2 Å². The average Bonchev–Trinajstić information content (AvgIpc) is 3.15. The largest absolute Gasteiger partial charge is 0.379 e. The highest BCUT2D eigenvalue weighted by atomic mass is 16.5. The Kier molecular flexibility index (Phi) is 5.13. The molecule has 1 fully saturated rings. The second-order valence-electron chi connectivity index (χ2n) is 7.33. The topological polar surface area (TPSA) is 71.8 Å². The van der Waals surface area contributed by atoms with Crippen molar-refractivity contribution in [2.45, 2.75) is 0 Å². The fraction of sp³-hybridized carbons (Fsp3) is 0.261. The Balaban J connectivity index is 1.54. The fourth-order valence-corrected chi connectivity index (χ4v) is 4.03. The van der Waals surface area contributed by atoms with Crippen LogP contribution in [0.1, 0.15) is 10.4 Å². The molecule has 1 aliphatic rings. The maximum Gasteiger partial charge on any atom is 0.254 e. The Bertz CT molecular complexity index is 1180. The number of fused-ring (bicyclic) bond motifs is 3. The van der Waals surface area contributed by atoms with Crippen molar-refractivity contribution < 1.29 is 9.53 Å². The third kappa shape index (κ3) is 3.42. The zero-order valence-corrected chi connectivity index (χ0v) is 16.6. The first kappa shape index (κ1) is 18.7. The van der Waals surface area contributed by atoms with Crippen LogP contribution in [-0.2, 0) is 4.74 Å². The first-order valence-corrected chi connectivity index (χ1v) is 10.2. The summed E-state index contributed by atoms with van der Waals surface area (Å²) in [4.78, 5) is 24.7. The predicted molar refractivity (Wildman–Crippen MR) is 116 cm³/mol. The lowest BCUT2D eigenvalue weighted by Gasteiger charge is -2.26. The number of hydrogen-bond acceptors (Lipinski definition) is 5. The molecule has 0 saturated carbocycles. The monoisotopic (exact) mass is 401 g/mol. The zero-order valence-electron chi connectivity index (χ0n) is 16.6. The minimum atomic E-state index is -0.103. The standard InChI is InChI=1S/C23H23N5O2/c29-23(24-9-11-27-12-14-30-15-13-27)19-18-8-4-5-10-28(18)22-20(19)21(25-16-26-22)17-6-2-1-3-7-17/h1-8,10,16H,9,11-15H2,(H,24,29). The number of carbonyl (C=O) groups excluding carboxylic acids is 1. The van der Waals surface area contributed by atoms with Gasteiger partial charge in [-0.25, -0.2) is 9.97 Å². The van der Waals surface area contributed by atoms with Crippen molar-refractivity contribution in [1.29, 1.82) is 0 Å². The number of rotatable bonds is 5. The summed E-state index contributed by atoms with van der Waals surface area (Å²) in [5.41, 5.74) is 3.91. The second-order valence-corrected chi connectivity index (χ2v) is 7.33. The van der Waals surface area contributed by atoms with Crippen LogP contribution < -0.4 is 5.32 Å². The van der Waals surface area contributed by atoms with Crippen LogP contribution in [0.2, 0.25) is 0 Å². The molecule has 0 unspecified atom stereocenters. The first-order valence-electron chi connectivity index (χ1n) is 10.2. The number of morpholine rings is 1. The Morgan fingerprint density at radius 2 is 1.83 bits per heavy atom. The van der Waals surface area contributed by atoms with Crippen LogP contribution in [0.25, 0.3) is 27.8 Å². The number of nitrogens with one attached hydrogen (secondary N) is 1. The van der Waals surface area contributed by atoms with E-state index in [-0.39, 0.29) is 5.91 Å². The summed E-state index contributed by atoms with van der Waals surface area (Å²) in [7, 11) is 0. The van der Waals surface area contributed by atoms with E-state index < -0.39 is 0 Å². The van der Waals surface area contributed by atoms with E-state index in [1.807, 2.05) is 59.1 Å². The van der Waals surface area contributed by atoms with Gasteiger partial charge in [0.1, 0.15) is 12.0 Å². The van der Waals surface area contributed by atoms with Gasteiger partial charge in [0.15, 0.2) is 0 Å². The Labute approximate surface area is 174 Å². The number of aromatic nitrogens is 3. The molecule has 1 aromatic carbocycles. The summed E-state index contributed by atoms with van der Waals surface area (Å²) in [6.07, 6.45) is 3.49. The lowest BCUT2D eigenvalue weighted by molar-refractivity contribution is 0.0383. The van der Waals surface area contributed by atoms with Crippen molar-refractivity contribution >= 4 is 22.5 Å². The molecule has 0 aliphatic carbocycles.